The van der Waals surface area contributed by atoms with Crippen molar-refractivity contribution in [3.05, 3.63) is 50.6 Å². The second-order valence-electron chi connectivity index (χ2n) is 6.57. The molecule has 2 aromatic heterocycles. The summed E-state index contributed by atoms with van der Waals surface area (Å²) in [6.45, 7) is 3.13. The van der Waals surface area contributed by atoms with E-state index in [1.807, 2.05) is 40.0 Å². The van der Waals surface area contributed by atoms with Crippen LogP contribution in [0.5, 0.6) is 5.75 Å². The summed E-state index contributed by atoms with van der Waals surface area (Å²) in [6.07, 6.45) is 2.62. The highest BCUT2D eigenvalue weighted by Crippen LogP contribution is 2.35. The van der Waals surface area contributed by atoms with Gasteiger partial charge in [0.15, 0.2) is 0 Å². The lowest BCUT2D eigenvalue weighted by atomic mass is 10.1. The number of carbonyl (C=O) groups is 1. The number of hydrogen-bond acceptors (Lipinski definition) is 4. The predicted octanol–water partition coefficient (Wildman–Crippen LogP) is 2.39. The number of aryl methyl sites for hydroxylation is 1. The highest BCUT2D eigenvalue weighted by Gasteiger charge is 2.32. The lowest BCUT2D eigenvalue weighted by Gasteiger charge is -2.39. The van der Waals surface area contributed by atoms with Crippen molar-refractivity contribution in [2.24, 2.45) is 0 Å². The first kappa shape index (κ1) is 15.4. The van der Waals surface area contributed by atoms with E-state index in [2.05, 4.69) is 0 Å². The Balaban J connectivity index is 1.33. The fraction of sp³-hybridized carbons (Fsp3) is 0.444. The van der Waals surface area contributed by atoms with Crippen LogP contribution in [-0.2, 0) is 11.2 Å². The topological polar surface area (TPSA) is 51.5 Å². The third-order valence-corrected chi connectivity index (χ3v) is 5.43. The lowest BCUT2D eigenvalue weighted by molar-refractivity contribution is -0.139. The van der Waals surface area contributed by atoms with Gasteiger partial charge in [-0.3, -0.25) is 9.59 Å². The highest BCUT2D eigenvalue weighted by atomic mass is 32.1. The molecule has 126 valence electrons. The molecule has 0 aromatic carbocycles. The lowest BCUT2D eigenvalue weighted by Crippen LogP contribution is -2.56. The fourth-order valence-electron chi connectivity index (χ4n) is 3.13. The molecular weight excluding hydrogens is 324 g/mol. The number of nitrogens with zero attached hydrogens (tertiary/aromatic N) is 2. The third kappa shape index (κ3) is 3.11. The first-order chi connectivity index (χ1) is 11.6. The summed E-state index contributed by atoms with van der Waals surface area (Å²) in [7, 11) is 0. The molecule has 1 aliphatic heterocycles. The first-order valence-electron chi connectivity index (χ1n) is 8.30. The molecule has 1 saturated carbocycles. The number of amides is 1. The average molecular weight is 344 g/mol. The Hall–Kier alpha value is -2.08. The Morgan fingerprint density at radius 3 is 2.75 bits per heavy atom. The standard InChI is InChI=1S/C18H20N2O3S/c1-12-7-14(8-18(22)20(12)13-4-5-13)23-15-10-19(11-15)17(21)9-16-3-2-6-24-16/h2-3,6-8,13,15H,4-5,9-11H2,1H3. The van der Waals surface area contributed by atoms with Gasteiger partial charge in [0.05, 0.1) is 19.5 Å². The van der Waals surface area contributed by atoms with E-state index in [4.69, 9.17) is 4.74 Å². The zero-order valence-corrected chi connectivity index (χ0v) is 14.4. The van der Waals surface area contributed by atoms with Crippen LogP contribution >= 0.6 is 11.3 Å². The Morgan fingerprint density at radius 2 is 2.12 bits per heavy atom. The average Bonchev–Trinajstić information content (AvgIpc) is 3.18. The van der Waals surface area contributed by atoms with Crippen LogP contribution in [0.1, 0.15) is 29.5 Å². The van der Waals surface area contributed by atoms with Crippen molar-refractivity contribution >= 4 is 17.2 Å². The fourth-order valence-corrected chi connectivity index (χ4v) is 3.83. The predicted molar refractivity (Wildman–Crippen MR) is 92.7 cm³/mol. The zero-order valence-electron chi connectivity index (χ0n) is 13.6. The largest absolute Gasteiger partial charge is 0.486 e. The van der Waals surface area contributed by atoms with Crippen LogP contribution in [0.15, 0.2) is 34.4 Å². The van der Waals surface area contributed by atoms with E-state index in [1.165, 1.54) is 0 Å². The molecule has 24 heavy (non-hydrogen) atoms. The summed E-state index contributed by atoms with van der Waals surface area (Å²) in [5.74, 6) is 0.752. The van der Waals surface area contributed by atoms with Gasteiger partial charge in [-0.15, -0.1) is 11.3 Å². The van der Waals surface area contributed by atoms with Gasteiger partial charge in [-0.2, -0.15) is 0 Å². The van der Waals surface area contributed by atoms with Crippen molar-refractivity contribution in [3.8, 4) is 5.75 Å². The Kier molecular flexibility index (Phi) is 3.92. The van der Waals surface area contributed by atoms with Gasteiger partial charge in [0.25, 0.3) is 5.56 Å². The van der Waals surface area contributed by atoms with E-state index in [-0.39, 0.29) is 17.6 Å². The van der Waals surface area contributed by atoms with Crippen molar-refractivity contribution < 1.29 is 9.53 Å². The molecule has 0 unspecified atom stereocenters. The molecule has 1 aliphatic carbocycles. The van der Waals surface area contributed by atoms with Crippen molar-refractivity contribution in [2.75, 3.05) is 13.1 Å². The summed E-state index contributed by atoms with van der Waals surface area (Å²) in [6, 6.07) is 7.81. The highest BCUT2D eigenvalue weighted by molar-refractivity contribution is 7.10. The third-order valence-electron chi connectivity index (χ3n) is 4.56. The zero-order chi connectivity index (χ0) is 16.7. The van der Waals surface area contributed by atoms with E-state index in [0.717, 1.165) is 23.4 Å². The van der Waals surface area contributed by atoms with Gasteiger partial charge in [-0.05, 0) is 37.3 Å². The van der Waals surface area contributed by atoms with E-state index < -0.39 is 0 Å². The van der Waals surface area contributed by atoms with E-state index in [0.29, 0.717) is 31.3 Å². The summed E-state index contributed by atoms with van der Waals surface area (Å²) in [4.78, 5) is 27.2. The molecule has 1 amide bonds. The number of pyridine rings is 1. The van der Waals surface area contributed by atoms with E-state index >= 15 is 0 Å². The summed E-state index contributed by atoms with van der Waals surface area (Å²) in [5, 5.41) is 1.98. The minimum absolute atomic E-state index is 0.0115. The number of aromatic nitrogens is 1. The summed E-state index contributed by atoms with van der Waals surface area (Å²) in [5.41, 5.74) is 0.961. The van der Waals surface area contributed by atoms with Crippen molar-refractivity contribution in [1.82, 2.24) is 9.47 Å². The molecule has 4 rings (SSSR count). The van der Waals surface area contributed by atoms with Crippen LogP contribution in [0.2, 0.25) is 0 Å². The molecule has 0 radical (unpaired) electrons. The Labute approximate surface area is 144 Å². The molecule has 5 nitrogen and oxygen atoms in total. The molecule has 3 heterocycles. The minimum atomic E-state index is -0.0205. The minimum Gasteiger partial charge on any atom is -0.486 e. The quantitative estimate of drug-likeness (QED) is 0.837. The maximum absolute atomic E-state index is 12.2. The van der Waals surface area contributed by atoms with E-state index in [1.54, 1.807) is 17.4 Å². The molecule has 1 saturated heterocycles. The summed E-state index contributed by atoms with van der Waals surface area (Å²) < 4.78 is 7.73. The molecule has 0 atom stereocenters. The van der Waals surface area contributed by atoms with Gasteiger partial charge in [0.1, 0.15) is 11.9 Å². The molecule has 6 heteroatoms. The maximum atomic E-state index is 12.2. The Bertz CT molecular complexity index is 802. The number of carbonyl (C=O) groups excluding carboxylic acids is 1. The SMILES string of the molecule is Cc1cc(OC2CN(C(=O)Cc3cccs3)C2)cc(=O)n1C1CC1. The van der Waals surface area contributed by atoms with Gasteiger partial charge < -0.3 is 14.2 Å². The van der Waals surface area contributed by atoms with Gasteiger partial charge in [0.2, 0.25) is 5.91 Å². The first-order valence-corrected chi connectivity index (χ1v) is 9.18. The monoisotopic (exact) mass is 344 g/mol. The van der Waals surface area contributed by atoms with Crippen LogP contribution in [0, 0.1) is 6.92 Å². The van der Waals surface area contributed by atoms with Crippen LogP contribution in [0.3, 0.4) is 0 Å². The molecular formula is C18H20N2O3S. The number of rotatable bonds is 5. The molecule has 2 aliphatic rings. The van der Waals surface area contributed by atoms with Crippen molar-refractivity contribution in [1.29, 1.82) is 0 Å². The van der Waals surface area contributed by atoms with Crippen LogP contribution in [-0.4, -0.2) is 34.6 Å². The summed E-state index contributed by atoms with van der Waals surface area (Å²) >= 11 is 1.60. The molecule has 2 fully saturated rings. The van der Waals surface area contributed by atoms with Gasteiger partial charge >= 0.3 is 0 Å². The van der Waals surface area contributed by atoms with Gasteiger partial charge in [0, 0.05) is 22.7 Å². The van der Waals surface area contributed by atoms with Crippen molar-refractivity contribution in [2.45, 2.75) is 38.3 Å². The van der Waals surface area contributed by atoms with Crippen LogP contribution in [0.25, 0.3) is 0 Å². The van der Waals surface area contributed by atoms with E-state index in [9.17, 15) is 9.59 Å². The second kappa shape index (κ2) is 6.09. The molecule has 2 aromatic rings. The molecule has 0 bridgehead atoms. The second-order valence-corrected chi connectivity index (χ2v) is 7.60. The number of ether oxygens (including phenoxy) is 1. The number of thiophene rings is 1. The maximum Gasteiger partial charge on any atom is 0.254 e. The molecule has 0 spiro atoms. The number of likely N-dealkylation sites (tertiary alicyclic amines) is 1. The molecule has 0 N–H and O–H groups in total. The van der Waals surface area contributed by atoms with Crippen LogP contribution in [0.4, 0.5) is 0 Å². The smallest absolute Gasteiger partial charge is 0.254 e. The normalized spacial score (nSPS) is 17.6. The van der Waals surface area contributed by atoms with Gasteiger partial charge in [-0.1, -0.05) is 6.07 Å². The Morgan fingerprint density at radius 1 is 1.33 bits per heavy atom. The van der Waals surface area contributed by atoms with Gasteiger partial charge in [-0.25, -0.2) is 0 Å². The number of hydrogen-bond donors (Lipinski definition) is 0. The van der Waals surface area contributed by atoms with Crippen LogP contribution < -0.4 is 10.3 Å². The van der Waals surface area contributed by atoms with Crippen molar-refractivity contribution in [3.63, 3.8) is 0 Å².